The van der Waals surface area contributed by atoms with Crippen LogP contribution in [0.2, 0.25) is 0 Å². The molecule has 140 valence electrons. The van der Waals surface area contributed by atoms with Crippen molar-refractivity contribution >= 4 is 32.4 Å². The second kappa shape index (κ2) is 6.82. The maximum atomic E-state index is 4.55. The number of hydrogen-bond donors (Lipinski definition) is 0. The van der Waals surface area contributed by atoms with Crippen molar-refractivity contribution in [3.05, 3.63) is 115 Å². The van der Waals surface area contributed by atoms with Crippen molar-refractivity contribution in [2.45, 2.75) is 0 Å². The normalized spacial score (nSPS) is 11.3. The lowest BCUT2D eigenvalue weighted by Crippen LogP contribution is -1.89. The molecule has 6 rings (SSSR count). The first-order valence-electron chi connectivity index (χ1n) is 10.2. The maximum absolute atomic E-state index is 4.55. The van der Waals surface area contributed by atoms with Crippen molar-refractivity contribution in [3.63, 3.8) is 0 Å². The Kier molecular flexibility index (Phi) is 3.85. The molecule has 30 heavy (non-hydrogen) atoms. The van der Waals surface area contributed by atoms with Gasteiger partial charge >= 0.3 is 0 Å². The number of fused-ring (bicyclic) bond motifs is 3. The molecule has 0 amide bonds. The molecule has 0 saturated heterocycles. The van der Waals surface area contributed by atoms with Crippen LogP contribution in [0, 0.1) is 0 Å². The van der Waals surface area contributed by atoms with Gasteiger partial charge in [0.25, 0.3) is 0 Å². The first-order chi connectivity index (χ1) is 14.9. The SMILES string of the molecule is c1ccc2c(-c3ccc(-c4ccnc5ccccc45)c4ccccc34)cccc2c1. The predicted octanol–water partition coefficient (Wildman–Crippen LogP) is 7.88. The minimum atomic E-state index is 1.03. The van der Waals surface area contributed by atoms with Gasteiger partial charge in [0.15, 0.2) is 0 Å². The highest BCUT2D eigenvalue weighted by molar-refractivity contribution is 6.11. The third-order valence-corrected chi connectivity index (χ3v) is 5.94. The molecule has 1 heteroatoms. The quantitative estimate of drug-likeness (QED) is 0.297. The van der Waals surface area contributed by atoms with Crippen LogP contribution in [0.1, 0.15) is 0 Å². The molecule has 0 unspecified atom stereocenters. The van der Waals surface area contributed by atoms with Gasteiger partial charge in [-0.1, -0.05) is 97.1 Å². The van der Waals surface area contributed by atoms with Gasteiger partial charge in [-0.15, -0.1) is 0 Å². The summed E-state index contributed by atoms with van der Waals surface area (Å²) in [5, 5.41) is 6.27. The number of rotatable bonds is 2. The number of pyridine rings is 1. The fourth-order valence-corrected chi connectivity index (χ4v) is 4.56. The molecule has 1 heterocycles. The minimum absolute atomic E-state index is 1.03. The first-order valence-corrected chi connectivity index (χ1v) is 10.2. The van der Waals surface area contributed by atoms with Crippen molar-refractivity contribution in [1.29, 1.82) is 0 Å². The predicted molar refractivity (Wildman–Crippen MR) is 128 cm³/mol. The van der Waals surface area contributed by atoms with Crippen LogP contribution < -0.4 is 0 Å². The molecule has 0 aliphatic carbocycles. The zero-order valence-electron chi connectivity index (χ0n) is 16.4. The van der Waals surface area contributed by atoms with Crippen molar-refractivity contribution in [2.24, 2.45) is 0 Å². The van der Waals surface area contributed by atoms with E-state index in [4.69, 9.17) is 0 Å². The van der Waals surface area contributed by atoms with E-state index < -0.39 is 0 Å². The molecular formula is C29H19N. The maximum Gasteiger partial charge on any atom is 0.0708 e. The van der Waals surface area contributed by atoms with Gasteiger partial charge in [-0.2, -0.15) is 0 Å². The van der Waals surface area contributed by atoms with Crippen molar-refractivity contribution in [2.75, 3.05) is 0 Å². The summed E-state index contributed by atoms with van der Waals surface area (Å²) >= 11 is 0. The van der Waals surface area contributed by atoms with Gasteiger partial charge in [-0.25, -0.2) is 0 Å². The molecule has 0 atom stereocenters. The Morgan fingerprint density at radius 2 is 0.900 bits per heavy atom. The zero-order chi connectivity index (χ0) is 19.9. The number of aromatic nitrogens is 1. The number of hydrogen-bond acceptors (Lipinski definition) is 1. The second-order valence-corrected chi connectivity index (χ2v) is 7.61. The molecule has 0 aliphatic rings. The van der Waals surface area contributed by atoms with Crippen molar-refractivity contribution < 1.29 is 0 Å². The van der Waals surface area contributed by atoms with Crippen LogP contribution in [-0.2, 0) is 0 Å². The third kappa shape index (κ3) is 2.60. The summed E-state index contributed by atoms with van der Waals surface area (Å²) in [6.45, 7) is 0. The molecule has 1 aromatic heterocycles. The molecule has 6 aromatic rings. The molecule has 0 saturated carbocycles. The van der Waals surface area contributed by atoms with Crippen molar-refractivity contribution in [3.8, 4) is 22.3 Å². The van der Waals surface area contributed by atoms with Crippen molar-refractivity contribution in [1.82, 2.24) is 4.98 Å². The molecule has 0 bridgehead atoms. The Morgan fingerprint density at radius 1 is 0.367 bits per heavy atom. The largest absolute Gasteiger partial charge is 0.256 e. The van der Waals surface area contributed by atoms with Gasteiger partial charge in [-0.3, -0.25) is 4.98 Å². The van der Waals surface area contributed by atoms with E-state index in [1.165, 1.54) is 49.2 Å². The van der Waals surface area contributed by atoms with E-state index in [-0.39, 0.29) is 0 Å². The van der Waals surface area contributed by atoms with Crippen LogP contribution >= 0.6 is 0 Å². The Bertz CT molecular complexity index is 1420. The highest BCUT2D eigenvalue weighted by atomic mass is 14.6. The lowest BCUT2D eigenvalue weighted by molar-refractivity contribution is 1.41. The molecule has 0 fully saturated rings. The summed E-state index contributed by atoms with van der Waals surface area (Å²) in [6, 6.07) is 38.9. The summed E-state index contributed by atoms with van der Waals surface area (Å²) in [5.74, 6) is 0. The minimum Gasteiger partial charge on any atom is -0.256 e. The average Bonchev–Trinajstić information content (AvgIpc) is 2.83. The topological polar surface area (TPSA) is 12.9 Å². The monoisotopic (exact) mass is 381 g/mol. The lowest BCUT2D eigenvalue weighted by Gasteiger charge is -2.15. The van der Waals surface area contributed by atoms with Gasteiger partial charge in [0.2, 0.25) is 0 Å². The van der Waals surface area contributed by atoms with Gasteiger partial charge < -0.3 is 0 Å². The number of benzene rings is 5. The summed E-state index contributed by atoms with van der Waals surface area (Å²) in [5.41, 5.74) is 6.03. The van der Waals surface area contributed by atoms with E-state index in [9.17, 15) is 0 Å². The number of para-hydroxylation sites is 1. The Balaban J connectivity index is 1.67. The number of nitrogens with zero attached hydrogens (tertiary/aromatic N) is 1. The van der Waals surface area contributed by atoms with Gasteiger partial charge in [0, 0.05) is 11.6 Å². The Labute approximate surface area is 175 Å². The molecule has 5 aromatic carbocycles. The fraction of sp³-hybridized carbons (Fsp3) is 0. The van der Waals surface area contributed by atoms with Crippen LogP contribution in [0.5, 0.6) is 0 Å². The summed E-state index contributed by atoms with van der Waals surface area (Å²) in [7, 11) is 0. The van der Waals surface area contributed by atoms with Gasteiger partial charge in [0.1, 0.15) is 0 Å². The van der Waals surface area contributed by atoms with Crippen LogP contribution in [0.4, 0.5) is 0 Å². The molecular weight excluding hydrogens is 362 g/mol. The van der Waals surface area contributed by atoms with E-state index in [2.05, 4.69) is 108 Å². The summed E-state index contributed by atoms with van der Waals surface area (Å²) < 4.78 is 0. The fourth-order valence-electron chi connectivity index (χ4n) is 4.56. The third-order valence-electron chi connectivity index (χ3n) is 5.94. The summed E-state index contributed by atoms with van der Waals surface area (Å²) in [6.07, 6.45) is 1.91. The van der Waals surface area contributed by atoms with Crippen LogP contribution in [-0.4, -0.2) is 4.98 Å². The Hall–Kier alpha value is -3.97. The highest BCUT2D eigenvalue weighted by Crippen LogP contribution is 2.39. The standard InChI is InChI=1S/C29H19N/c1-2-10-21-20(8-1)9-7-14-22(21)25-16-17-26(24-12-4-3-11-23(24)25)27-18-19-30-29-15-6-5-13-28(27)29/h1-19H. The molecule has 0 spiro atoms. The zero-order valence-corrected chi connectivity index (χ0v) is 16.4. The Morgan fingerprint density at radius 3 is 1.67 bits per heavy atom. The lowest BCUT2D eigenvalue weighted by atomic mass is 9.89. The first kappa shape index (κ1) is 16.9. The van der Waals surface area contributed by atoms with E-state index in [1.54, 1.807) is 0 Å². The smallest absolute Gasteiger partial charge is 0.0708 e. The average molecular weight is 381 g/mol. The van der Waals surface area contributed by atoms with Crippen LogP contribution in [0.25, 0.3) is 54.7 Å². The molecule has 0 N–H and O–H groups in total. The van der Waals surface area contributed by atoms with E-state index in [0.717, 1.165) is 5.52 Å². The van der Waals surface area contributed by atoms with Gasteiger partial charge in [0.05, 0.1) is 5.52 Å². The van der Waals surface area contributed by atoms with E-state index in [0.29, 0.717) is 0 Å². The highest BCUT2D eigenvalue weighted by Gasteiger charge is 2.13. The molecule has 1 nitrogen and oxygen atoms in total. The van der Waals surface area contributed by atoms with Crippen LogP contribution in [0.15, 0.2) is 115 Å². The summed E-state index contributed by atoms with van der Waals surface area (Å²) in [4.78, 5) is 4.55. The molecule has 0 aliphatic heterocycles. The van der Waals surface area contributed by atoms with E-state index >= 15 is 0 Å². The van der Waals surface area contributed by atoms with Crippen LogP contribution in [0.3, 0.4) is 0 Å². The van der Waals surface area contributed by atoms with Gasteiger partial charge in [-0.05, 0) is 55.9 Å². The van der Waals surface area contributed by atoms with E-state index in [1.807, 2.05) is 12.3 Å². The second-order valence-electron chi connectivity index (χ2n) is 7.61. The molecule has 0 radical (unpaired) electrons.